The summed E-state index contributed by atoms with van der Waals surface area (Å²) in [4.78, 5) is 30.0. The number of aliphatic carboxylic acids is 2. The van der Waals surface area contributed by atoms with E-state index in [2.05, 4.69) is 6.92 Å². The van der Waals surface area contributed by atoms with Gasteiger partial charge in [-0.1, -0.05) is 51.8 Å². The van der Waals surface area contributed by atoms with Crippen LogP contribution in [0.2, 0.25) is 0 Å². The second-order valence-electron chi connectivity index (χ2n) is 5.00. The normalized spacial score (nSPS) is 10.3. The quantitative estimate of drug-likeness (QED) is 0.687. The molecule has 1 aromatic carbocycles. The van der Waals surface area contributed by atoms with Crippen LogP contribution in [0.4, 0.5) is 0 Å². The van der Waals surface area contributed by atoms with Gasteiger partial charge in [0.25, 0.3) is 0 Å². The van der Waals surface area contributed by atoms with E-state index < -0.39 is 17.9 Å². The van der Waals surface area contributed by atoms with Crippen LogP contribution in [0.25, 0.3) is 0 Å². The molecule has 6 heteroatoms. The van der Waals surface area contributed by atoms with Gasteiger partial charge in [-0.25, -0.2) is 4.79 Å². The summed E-state index contributed by atoms with van der Waals surface area (Å²) in [6.45, 7) is 5.60. The monoisotopic (exact) mass is 340 g/mol. The first-order valence-corrected chi connectivity index (χ1v) is 8.02. The van der Waals surface area contributed by atoms with Crippen molar-refractivity contribution in [3.8, 4) is 0 Å². The summed E-state index contributed by atoms with van der Waals surface area (Å²) in [5, 5.41) is 24.7. The predicted molar refractivity (Wildman–Crippen MR) is 92.3 cm³/mol. The Morgan fingerprint density at radius 3 is 1.71 bits per heavy atom. The van der Waals surface area contributed by atoms with Crippen LogP contribution in [-0.2, 0) is 9.59 Å². The zero-order chi connectivity index (χ0) is 19.0. The SMILES string of the molecule is CCC(=O)O.CCCCC(CC)C(=O)O.O=C(O)c1ccccc1. The fourth-order valence-corrected chi connectivity index (χ4v) is 1.53. The lowest BCUT2D eigenvalue weighted by Crippen LogP contribution is -2.11. The highest BCUT2D eigenvalue weighted by Crippen LogP contribution is 2.11. The Bertz CT molecular complexity index is 470. The van der Waals surface area contributed by atoms with Crippen LogP contribution in [0.5, 0.6) is 0 Å². The molecule has 136 valence electrons. The third kappa shape index (κ3) is 14.6. The number of unbranched alkanes of at least 4 members (excludes halogenated alkanes) is 1. The minimum Gasteiger partial charge on any atom is -0.481 e. The maximum absolute atomic E-state index is 10.4. The molecular formula is C18H28O6. The van der Waals surface area contributed by atoms with Crippen LogP contribution in [-0.4, -0.2) is 33.2 Å². The Labute approximate surface area is 143 Å². The first kappa shape index (κ1) is 23.9. The Morgan fingerprint density at radius 2 is 1.46 bits per heavy atom. The fourth-order valence-electron chi connectivity index (χ4n) is 1.53. The lowest BCUT2D eigenvalue weighted by atomic mass is 10.00. The Kier molecular flexibility index (Phi) is 15.5. The Hall–Kier alpha value is -2.37. The minimum absolute atomic E-state index is 0.111. The van der Waals surface area contributed by atoms with Crippen molar-refractivity contribution in [3.05, 3.63) is 35.9 Å². The molecule has 6 nitrogen and oxygen atoms in total. The molecule has 1 unspecified atom stereocenters. The van der Waals surface area contributed by atoms with E-state index in [1.54, 1.807) is 37.3 Å². The topological polar surface area (TPSA) is 112 Å². The molecule has 1 atom stereocenters. The lowest BCUT2D eigenvalue weighted by Gasteiger charge is -2.06. The predicted octanol–water partition coefficient (Wildman–Crippen LogP) is 4.15. The van der Waals surface area contributed by atoms with E-state index >= 15 is 0 Å². The average molecular weight is 340 g/mol. The second-order valence-corrected chi connectivity index (χ2v) is 5.00. The summed E-state index contributed by atoms with van der Waals surface area (Å²) in [7, 11) is 0. The Morgan fingerprint density at radius 1 is 0.958 bits per heavy atom. The van der Waals surface area contributed by atoms with E-state index in [-0.39, 0.29) is 12.3 Å². The molecule has 0 heterocycles. The molecular weight excluding hydrogens is 312 g/mol. The molecule has 3 N–H and O–H groups in total. The van der Waals surface area contributed by atoms with Gasteiger partial charge in [-0.05, 0) is 25.0 Å². The standard InChI is InChI=1S/C8H16O2.C7H6O2.C3H6O2/c1-3-5-6-7(4-2)8(9)10;8-7(9)6-4-2-1-3-5-6;1-2-3(4)5/h7H,3-6H2,1-2H3,(H,9,10);1-5H,(H,8,9);2H2,1H3,(H,4,5). The first-order chi connectivity index (χ1) is 11.3. The lowest BCUT2D eigenvalue weighted by molar-refractivity contribution is -0.142. The summed E-state index contributed by atoms with van der Waals surface area (Å²) < 4.78 is 0. The van der Waals surface area contributed by atoms with Crippen LogP contribution < -0.4 is 0 Å². The van der Waals surface area contributed by atoms with E-state index in [0.717, 1.165) is 25.7 Å². The zero-order valence-corrected chi connectivity index (χ0v) is 14.6. The molecule has 24 heavy (non-hydrogen) atoms. The highest BCUT2D eigenvalue weighted by Gasteiger charge is 2.12. The molecule has 0 amide bonds. The number of hydrogen-bond donors (Lipinski definition) is 3. The molecule has 0 bridgehead atoms. The fraction of sp³-hybridized carbons (Fsp3) is 0.500. The molecule has 1 aromatic rings. The number of carbonyl (C=O) groups is 3. The van der Waals surface area contributed by atoms with Crippen molar-refractivity contribution in [2.24, 2.45) is 5.92 Å². The molecule has 1 rings (SSSR count). The number of aromatic carboxylic acids is 1. The number of rotatable bonds is 7. The molecule has 0 spiro atoms. The van der Waals surface area contributed by atoms with Gasteiger partial charge in [-0.15, -0.1) is 0 Å². The van der Waals surface area contributed by atoms with Gasteiger partial charge in [-0.3, -0.25) is 9.59 Å². The van der Waals surface area contributed by atoms with E-state index in [1.165, 1.54) is 0 Å². The highest BCUT2D eigenvalue weighted by atomic mass is 16.4. The van der Waals surface area contributed by atoms with Crippen molar-refractivity contribution in [1.82, 2.24) is 0 Å². The van der Waals surface area contributed by atoms with Crippen LogP contribution in [0.3, 0.4) is 0 Å². The van der Waals surface area contributed by atoms with Gasteiger partial charge in [-0.2, -0.15) is 0 Å². The molecule has 0 aliphatic rings. The largest absolute Gasteiger partial charge is 0.481 e. The van der Waals surface area contributed by atoms with Gasteiger partial charge >= 0.3 is 17.9 Å². The van der Waals surface area contributed by atoms with E-state index in [4.69, 9.17) is 15.3 Å². The van der Waals surface area contributed by atoms with Crippen molar-refractivity contribution in [3.63, 3.8) is 0 Å². The van der Waals surface area contributed by atoms with Crippen LogP contribution in [0, 0.1) is 5.92 Å². The van der Waals surface area contributed by atoms with Gasteiger partial charge < -0.3 is 15.3 Å². The summed E-state index contributed by atoms with van der Waals surface area (Å²) in [6, 6.07) is 8.30. The zero-order valence-electron chi connectivity index (χ0n) is 14.6. The third-order valence-corrected chi connectivity index (χ3v) is 3.07. The van der Waals surface area contributed by atoms with Crippen molar-refractivity contribution >= 4 is 17.9 Å². The van der Waals surface area contributed by atoms with Gasteiger partial charge in [0.2, 0.25) is 0 Å². The molecule has 0 aliphatic heterocycles. The van der Waals surface area contributed by atoms with E-state index in [9.17, 15) is 14.4 Å². The van der Waals surface area contributed by atoms with Crippen molar-refractivity contribution < 1.29 is 29.7 Å². The Balaban J connectivity index is 0. The number of hydrogen-bond acceptors (Lipinski definition) is 3. The van der Waals surface area contributed by atoms with Crippen molar-refractivity contribution in [2.75, 3.05) is 0 Å². The summed E-state index contributed by atoms with van der Waals surface area (Å²) >= 11 is 0. The number of carboxylic acids is 3. The molecule has 0 saturated carbocycles. The highest BCUT2D eigenvalue weighted by molar-refractivity contribution is 5.87. The average Bonchev–Trinajstić information content (AvgIpc) is 2.57. The minimum atomic E-state index is -0.879. The summed E-state index contributed by atoms with van der Waals surface area (Å²) in [5.74, 6) is -2.38. The first-order valence-electron chi connectivity index (χ1n) is 8.02. The molecule has 0 aromatic heterocycles. The summed E-state index contributed by atoms with van der Waals surface area (Å²) in [5.41, 5.74) is 0.331. The molecule has 0 aliphatic carbocycles. The van der Waals surface area contributed by atoms with Gasteiger partial charge in [0.15, 0.2) is 0 Å². The smallest absolute Gasteiger partial charge is 0.335 e. The van der Waals surface area contributed by atoms with Gasteiger partial charge in [0.1, 0.15) is 0 Å². The van der Waals surface area contributed by atoms with Crippen LogP contribution in [0.1, 0.15) is 63.2 Å². The number of benzene rings is 1. The molecule has 0 saturated heterocycles. The maximum atomic E-state index is 10.4. The third-order valence-electron chi connectivity index (χ3n) is 3.07. The summed E-state index contributed by atoms with van der Waals surface area (Å²) in [6.07, 6.45) is 3.94. The molecule has 0 fully saturated rings. The van der Waals surface area contributed by atoms with Crippen molar-refractivity contribution in [1.29, 1.82) is 0 Å². The van der Waals surface area contributed by atoms with Crippen molar-refractivity contribution in [2.45, 2.75) is 52.9 Å². The van der Waals surface area contributed by atoms with E-state index in [0.29, 0.717) is 5.56 Å². The van der Waals surface area contributed by atoms with E-state index in [1.807, 2.05) is 6.92 Å². The van der Waals surface area contributed by atoms with Gasteiger partial charge in [0, 0.05) is 6.42 Å². The van der Waals surface area contributed by atoms with Crippen LogP contribution in [0.15, 0.2) is 30.3 Å². The number of carboxylic acid groups (broad SMARTS) is 3. The second kappa shape index (κ2) is 15.5. The van der Waals surface area contributed by atoms with Crippen LogP contribution >= 0.6 is 0 Å². The van der Waals surface area contributed by atoms with Gasteiger partial charge in [0.05, 0.1) is 11.5 Å². The molecule has 0 radical (unpaired) electrons. The maximum Gasteiger partial charge on any atom is 0.335 e.